The second kappa shape index (κ2) is 6.69. The quantitative estimate of drug-likeness (QED) is 0.765. The minimum Gasteiger partial charge on any atom is -0.379 e. The van der Waals surface area contributed by atoms with Crippen LogP contribution >= 0.6 is 0 Å². The van der Waals surface area contributed by atoms with E-state index in [0.717, 1.165) is 38.8 Å². The van der Waals surface area contributed by atoms with Crippen LogP contribution in [0.3, 0.4) is 0 Å². The molecule has 0 saturated carbocycles. The lowest BCUT2D eigenvalue weighted by Gasteiger charge is -2.38. The Morgan fingerprint density at radius 1 is 1.12 bits per heavy atom. The van der Waals surface area contributed by atoms with Crippen LogP contribution in [-0.4, -0.2) is 68.8 Å². The summed E-state index contributed by atoms with van der Waals surface area (Å²) in [5, 5.41) is 0. The maximum absolute atomic E-state index is 5.84. The molecule has 4 nitrogen and oxygen atoms in total. The molecule has 2 fully saturated rings. The lowest BCUT2D eigenvalue weighted by molar-refractivity contribution is 0.0290. The average Bonchev–Trinajstić information content (AvgIpc) is 2.39. The molecule has 2 N–H and O–H groups in total. The third-order valence-electron chi connectivity index (χ3n) is 4.34. The van der Waals surface area contributed by atoms with E-state index >= 15 is 0 Å². The number of likely N-dealkylation sites (tertiary alicyclic amines) is 1. The Bertz CT molecular complexity index is 219. The summed E-state index contributed by atoms with van der Waals surface area (Å²) in [6.07, 6.45) is 1.31. The van der Waals surface area contributed by atoms with E-state index < -0.39 is 0 Å². The normalized spacial score (nSPS) is 32.8. The van der Waals surface area contributed by atoms with Crippen molar-refractivity contribution in [1.29, 1.82) is 0 Å². The summed E-state index contributed by atoms with van der Waals surface area (Å²) in [6, 6.07) is 0. The van der Waals surface area contributed by atoms with E-state index in [0.29, 0.717) is 5.92 Å². The molecule has 2 saturated heterocycles. The van der Waals surface area contributed by atoms with Gasteiger partial charge in [-0.05, 0) is 31.3 Å². The van der Waals surface area contributed by atoms with Crippen molar-refractivity contribution >= 4 is 0 Å². The minimum absolute atomic E-state index is 0.702. The van der Waals surface area contributed by atoms with Crippen molar-refractivity contribution in [2.75, 3.05) is 59.0 Å². The highest BCUT2D eigenvalue weighted by atomic mass is 16.5. The molecule has 0 radical (unpaired) electrons. The molecule has 0 aromatic heterocycles. The first-order chi connectivity index (χ1) is 8.29. The highest BCUT2D eigenvalue weighted by Crippen LogP contribution is 2.21. The number of hydrogen-bond donors (Lipinski definition) is 1. The summed E-state index contributed by atoms with van der Waals surface area (Å²) >= 11 is 0. The molecular formula is C13H27N3O. The first kappa shape index (κ1) is 13.3. The summed E-state index contributed by atoms with van der Waals surface area (Å²) in [5.74, 6) is 1.51. The molecule has 0 spiro atoms. The van der Waals surface area contributed by atoms with Crippen LogP contribution < -0.4 is 5.73 Å². The zero-order valence-electron chi connectivity index (χ0n) is 11.1. The number of morpholine rings is 1. The zero-order chi connectivity index (χ0) is 12.1. The largest absolute Gasteiger partial charge is 0.379 e. The van der Waals surface area contributed by atoms with Crippen LogP contribution in [0.1, 0.15) is 13.3 Å². The Morgan fingerprint density at radius 2 is 1.82 bits per heavy atom. The molecule has 2 aliphatic rings. The van der Waals surface area contributed by atoms with Crippen molar-refractivity contribution in [3.63, 3.8) is 0 Å². The van der Waals surface area contributed by atoms with Gasteiger partial charge in [0.1, 0.15) is 0 Å². The molecule has 2 atom stereocenters. The van der Waals surface area contributed by atoms with E-state index in [9.17, 15) is 0 Å². The fourth-order valence-corrected chi connectivity index (χ4v) is 2.84. The van der Waals surface area contributed by atoms with Crippen LogP contribution in [0, 0.1) is 11.8 Å². The van der Waals surface area contributed by atoms with Gasteiger partial charge in [-0.3, -0.25) is 4.90 Å². The fourth-order valence-electron chi connectivity index (χ4n) is 2.84. The van der Waals surface area contributed by atoms with Gasteiger partial charge < -0.3 is 15.4 Å². The highest BCUT2D eigenvalue weighted by Gasteiger charge is 2.25. The number of piperidine rings is 1. The topological polar surface area (TPSA) is 41.7 Å². The van der Waals surface area contributed by atoms with Crippen molar-refractivity contribution in [2.45, 2.75) is 13.3 Å². The molecule has 2 aliphatic heterocycles. The molecule has 2 heterocycles. The van der Waals surface area contributed by atoms with Crippen molar-refractivity contribution in [1.82, 2.24) is 9.80 Å². The van der Waals surface area contributed by atoms with Gasteiger partial charge in [0.2, 0.25) is 0 Å². The monoisotopic (exact) mass is 241 g/mol. The van der Waals surface area contributed by atoms with E-state index in [-0.39, 0.29) is 0 Å². The molecule has 0 aliphatic carbocycles. The third kappa shape index (κ3) is 3.91. The van der Waals surface area contributed by atoms with Gasteiger partial charge in [0.05, 0.1) is 13.2 Å². The smallest absolute Gasteiger partial charge is 0.0594 e. The third-order valence-corrected chi connectivity index (χ3v) is 4.34. The van der Waals surface area contributed by atoms with Gasteiger partial charge in [-0.25, -0.2) is 0 Å². The molecule has 2 unspecified atom stereocenters. The Balaban J connectivity index is 1.68. The Kier molecular flexibility index (Phi) is 5.22. The molecule has 4 heteroatoms. The maximum atomic E-state index is 5.84. The van der Waals surface area contributed by atoms with Gasteiger partial charge in [0.15, 0.2) is 0 Å². The second-order valence-electron chi connectivity index (χ2n) is 5.52. The molecule has 17 heavy (non-hydrogen) atoms. The van der Waals surface area contributed by atoms with Crippen molar-refractivity contribution < 1.29 is 4.74 Å². The van der Waals surface area contributed by atoms with Gasteiger partial charge in [0, 0.05) is 32.7 Å². The summed E-state index contributed by atoms with van der Waals surface area (Å²) in [6.45, 7) is 12.0. The SMILES string of the molecule is CC1CCN(CCN2CCOCC2)CC1CN. The summed E-state index contributed by atoms with van der Waals surface area (Å²) in [5.41, 5.74) is 5.84. The molecule has 100 valence electrons. The van der Waals surface area contributed by atoms with E-state index in [2.05, 4.69) is 16.7 Å². The molecule has 2 rings (SSSR count). The predicted octanol–water partition coefficient (Wildman–Crippen LogP) is 0.235. The van der Waals surface area contributed by atoms with Gasteiger partial charge in [-0.15, -0.1) is 0 Å². The van der Waals surface area contributed by atoms with Crippen LogP contribution in [0.4, 0.5) is 0 Å². The van der Waals surface area contributed by atoms with Crippen molar-refractivity contribution in [2.24, 2.45) is 17.6 Å². The number of nitrogens with zero attached hydrogens (tertiary/aromatic N) is 2. The standard InChI is InChI=1S/C13H27N3O/c1-12-2-3-16(11-13(12)10-14)5-4-15-6-8-17-9-7-15/h12-13H,2-11,14H2,1H3. The number of ether oxygens (including phenoxy) is 1. The van der Waals surface area contributed by atoms with Crippen LogP contribution in [-0.2, 0) is 4.74 Å². The molecule has 0 aromatic rings. The average molecular weight is 241 g/mol. The Morgan fingerprint density at radius 3 is 2.53 bits per heavy atom. The molecule has 0 bridgehead atoms. The van der Waals surface area contributed by atoms with Crippen LogP contribution in [0.15, 0.2) is 0 Å². The van der Waals surface area contributed by atoms with Gasteiger partial charge in [-0.2, -0.15) is 0 Å². The zero-order valence-corrected chi connectivity index (χ0v) is 11.1. The molecule has 0 amide bonds. The highest BCUT2D eigenvalue weighted by molar-refractivity contribution is 4.79. The maximum Gasteiger partial charge on any atom is 0.0594 e. The Hall–Kier alpha value is -0.160. The van der Waals surface area contributed by atoms with E-state index in [1.165, 1.54) is 32.6 Å². The van der Waals surface area contributed by atoms with Crippen molar-refractivity contribution in [3.05, 3.63) is 0 Å². The number of nitrogens with two attached hydrogens (primary N) is 1. The summed E-state index contributed by atoms with van der Waals surface area (Å²) < 4.78 is 5.37. The van der Waals surface area contributed by atoms with E-state index in [1.54, 1.807) is 0 Å². The number of hydrogen-bond acceptors (Lipinski definition) is 4. The first-order valence-electron chi connectivity index (χ1n) is 7.02. The van der Waals surface area contributed by atoms with Crippen LogP contribution in [0.25, 0.3) is 0 Å². The summed E-state index contributed by atoms with van der Waals surface area (Å²) in [4.78, 5) is 5.10. The number of rotatable bonds is 4. The van der Waals surface area contributed by atoms with Crippen LogP contribution in [0.5, 0.6) is 0 Å². The van der Waals surface area contributed by atoms with Gasteiger partial charge in [-0.1, -0.05) is 6.92 Å². The van der Waals surface area contributed by atoms with Gasteiger partial charge in [0.25, 0.3) is 0 Å². The molecule has 0 aromatic carbocycles. The lowest BCUT2D eigenvalue weighted by Crippen LogP contribution is -2.47. The van der Waals surface area contributed by atoms with Gasteiger partial charge >= 0.3 is 0 Å². The fraction of sp³-hybridized carbons (Fsp3) is 1.00. The molecular weight excluding hydrogens is 214 g/mol. The Labute approximate surface area is 105 Å². The van der Waals surface area contributed by atoms with E-state index in [1.807, 2.05) is 0 Å². The second-order valence-corrected chi connectivity index (χ2v) is 5.52. The first-order valence-corrected chi connectivity index (χ1v) is 7.02. The predicted molar refractivity (Wildman–Crippen MR) is 70.0 cm³/mol. The lowest BCUT2D eigenvalue weighted by atomic mass is 9.87. The van der Waals surface area contributed by atoms with Crippen LogP contribution in [0.2, 0.25) is 0 Å². The summed E-state index contributed by atoms with van der Waals surface area (Å²) in [7, 11) is 0. The van der Waals surface area contributed by atoms with Crippen molar-refractivity contribution in [3.8, 4) is 0 Å². The minimum atomic E-state index is 0.702. The van der Waals surface area contributed by atoms with E-state index in [4.69, 9.17) is 10.5 Å².